The van der Waals surface area contributed by atoms with E-state index in [1.807, 2.05) is 19.9 Å². The van der Waals surface area contributed by atoms with Gasteiger partial charge >= 0.3 is 6.18 Å². The number of aryl methyl sites for hydroxylation is 2. The van der Waals surface area contributed by atoms with Crippen LogP contribution >= 0.6 is 0 Å². The molecular weight excluding hydrogens is 217 g/mol. The Morgan fingerprint density at radius 1 is 1.19 bits per heavy atom. The van der Waals surface area contributed by atoms with E-state index in [9.17, 15) is 13.2 Å². The molecule has 0 aliphatic rings. The number of fused-ring (bicyclic) bond motifs is 1. The predicted molar refractivity (Wildman–Crippen MR) is 55.3 cm³/mol. The van der Waals surface area contributed by atoms with Gasteiger partial charge in [0.2, 0.25) is 0 Å². The molecule has 5 heteroatoms. The number of nitrogens with one attached hydrogen (secondary N) is 1. The Morgan fingerprint density at radius 3 is 2.44 bits per heavy atom. The molecule has 0 radical (unpaired) electrons. The van der Waals surface area contributed by atoms with Crippen LogP contribution < -0.4 is 0 Å². The zero-order valence-electron chi connectivity index (χ0n) is 8.94. The minimum atomic E-state index is -4.22. The van der Waals surface area contributed by atoms with Crippen LogP contribution in [0.15, 0.2) is 12.1 Å². The second kappa shape index (κ2) is 3.50. The summed E-state index contributed by atoms with van der Waals surface area (Å²) in [4.78, 5) is 6.61. The quantitative estimate of drug-likeness (QED) is 0.797. The number of H-pyrrole nitrogens is 1. The fraction of sp³-hybridized carbons (Fsp3) is 0.364. The normalized spacial score (nSPS) is 12.3. The number of imidazole rings is 1. The highest BCUT2D eigenvalue weighted by molar-refractivity contribution is 5.77. The fourth-order valence-electron chi connectivity index (χ4n) is 1.60. The molecule has 0 bridgehead atoms. The van der Waals surface area contributed by atoms with Gasteiger partial charge < -0.3 is 4.98 Å². The average molecular weight is 228 g/mol. The molecule has 0 spiro atoms. The lowest BCUT2D eigenvalue weighted by molar-refractivity contribution is -0.128. The highest BCUT2D eigenvalue weighted by Crippen LogP contribution is 2.23. The minimum Gasteiger partial charge on any atom is -0.342 e. The largest absolute Gasteiger partial charge is 0.396 e. The van der Waals surface area contributed by atoms with Gasteiger partial charge in [-0.15, -0.1) is 0 Å². The lowest BCUT2D eigenvalue weighted by Gasteiger charge is -2.01. The van der Waals surface area contributed by atoms with Crippen LogP contribution in [0, 0.1) is 13.8 Å². The van der Waals surface area contributed by atoms with Crippen LogP contribution in [-0.2, 0) is 6.42 Å². The molecule has 0 amide bonds. The van der Waals surface area contributed by atoms with Crippen molar-refractivity contribution >= 4 is 11.0 Å². The first-order valence-electron chi connectivity index (χ1n) is 4.88. The molecule has 16 heavy (non-hydrogen) atoms. The third-order valence-corrected chi connectivity index (χ3v) is 2.51. The van der Waals surface area contributed by atoms with Crippen LogP contribution in [-0.4, -0.2) is 16.1 Å². The third kappa shape index (κ3) is 2.18. The van der Waals surface area contributed by atoms with Crippen molar-refractivity contribution in [2.75, 3.05) is 0 Å². The number of hydrogen-bond donors (Lipinski definition) is 1. The topological polar surface area (TPSA) is 28.7 Å². The number of aromatic amines is 1. The Kier molecular flexibility index (Phi) is 2.40. The molecule has 2 rings (SSSR count). The molecule has 2 aromatic rings. The maximum atomic E-state index is 12.2. The van der Waals surface area contributed by atoms with Crippen LogP contribution in [0.2, 0.25) is 0 Å². The van der Waals surface area contributed by atoms with Gasteiger partial charge in [0.05, 0.1) is 11.0 Å². The monoisotopic (exact) mass is 228 g/mol. The molecule has 0 unspecified atom stereocenters. The van der Waals surface area contributed by atoms with E-state index in [1.54, 1.807) is 6.07 Å². The smallest absolute Gasteiger partial charge is 0.342 e. The van der Waals surface area contributed by atoms with E-state index in [4.69, 9.17) is 0 Å². The van der Waals surface area contributed by atoms with Crippen molar-refractivity contribution in [3.63, 3.8) is 0 Å². The summed E-state index contributed by atoms with van der Waals surface area (Å²) in [6.45, 7) is 3.83. The van der Waals surface area contributed by atoms with Crippen molar-refractivity contribution in [1.29, 1.82) is 0 Å². The molecular formula is C11H11F3N2. The number of aromatic nitrogens is 2. The second-order valence-electron chi connectivity index (χ2n) is 3.93. The highest BCUT2D eigenvalue weighted by atomic mass is 19.4. The maximum absolute atomic E-state index is 12.2. The molecule has 1 aromatic carbocycles. The van der Waals surface area contributed by atoms with E-state index in [1.165, 1.54) is 0 Å². The number of halogens is 3. The van der Waals surface area contributed by atoms with E-state index >= 15 is 0 Å². The third-order valence-electron chi connectivity index (χ3n) is 2.51. The maximum Gasteiger partial charge on any atom is 0.396 e. The summed E-state index contributed by atoms with van der Waals surface area (Å²) in [6, 6.07) is 3.61. The molecule has 0 fully saturated rings. The van der Waals surface area contributed by atoms with E-state index in [2.05, 4.69) is 9.97 Å². The van der Waals surface area contributed by atoms with Gasteiger partial charge in [-0.2, -0.15) is 13.2 Å². The van der Waals surface area contributed by atoms with Crippen molar-refractivity contribution in [3.05, 3.63) is 29.1 Å². The molecule has 0 saturated heterocycles. The molecule has 1 aromatic heterocycles. The van der Waals surface area contributed by atoms with Crippen molar-refractivity contribution in [1.82, 2.24) is 9.97 Å². The summed E-state index contributed by atoms with van der Waals surface area (Å²) < 4.78 is 36.5. The van der Waals surface area contributed by atoms with Crippen molar-refractivity contribution in [3.8, 4) is 0 Å². The van der Waals surface area contributed by atoms with Crippen LogP contribution in [0.5, 0.6) is 0 Å². The Balaban J connectivity index is 2.44. The van der Waals surface area contributed by atoms with Gasteiger partial charge in [0.25, 0.3) is 0 Å². The van der Waals surface area contributed by atoms with Gasteiger partial charge in [0, 0.05) is 0 Å². The van der Waals surface area contributed by atoms with Crippen LogP contribution in [0.4, 0.5) is 13.2 Å². The Hall–Kier alpha value is -1.52. The first-order chi connectivity index (χ1) is 7.35. The number of hydrogen-bond acceptors (Lipinski definition) is 1. The molecule has 86 valence electrons. The van der Waals surface area contributed by atoms with Gasteiger partial charge in [-0.25, -0.2) is 4.98 Å². The lowest BCUT2D eigenvalue weighted by atomic mass is 10.1. The highest BCUT2D eigenvalue weighted by Gasteiger charge is 2.29. The molecule has 0 saturated carbocycles. The molecule has 0 atom stereocenters. The predicted octanol–water partition coefficient (Wildman–Crippen LogP) is 3.28. The van der Waals surface area contributed by atoms with E-state index in [0.29, 0.717) is 11.0 Å². The zero-order chi connectivity index (χ0) is 11.9. The molecule has 0 aliphatic carbocycles. The fourth-order valence-corrected chi connectivity index (χ4v) is 1.60. The van der Waals surface area contributed by atoms with Gasteiger partial charge in [0.1, 0.15) is 12.2 Å². The summed E-state index contributed by atoms with van der Waals surface area (Å²) in [5.41, 5.74) is 3.30. The number of benzene rings is 1. The number of alkyl halides is 3. The van der Waals surface area contributed by atoms with Crippen LogP contribution in [0.3, 0.4) is 0 Å². The molecule has 2 nitrogen and oxygen atoms in total. The summed E-state index contributed by atoms with van der Waals surface area (Å²) in [7, 11) is 0. The first-order valence-corrected chi connectivity index (χ1v) is 4.88. The van der Waals surface area contributed by atoms with E-state index in [-0.39, 0.29) is 5.82 Å². The lowest BCUT2D eigenvalue weighted by Crippen LogP contribution is -2.12. The molecule has 1 heterocycles. The van der Waals surface area contributed by atoms with Gasteiger partial charge in [-0.1, -0.05) is 0 Å². The van der Waals surface area contributed by atoms with Crippen molar-refractivity contribution in [2.45, 2.75) is 26.4 Å². The van der Waals surface area contributed by atoms with Crippen molar-refractivity contribution < 1.29 is 13.2 Å². The second-order valence-corrected chi connectivity index (χ2v) is 3.93. The minimum absolute atomic E-state index is 0.0347. The number of rotatable bonds is 1. The SMILES string of the molecule is Cc1cc2nc(CC(F)(F)F)[nH]c2cc1C. The Morgan fingerprint density at radius 2 is 1.81 bits per heavy atom. The first kappa shape index (κ1) is 11.0. The van der Waals surface area contributed by atoms with Gasteiger partial charge in [0.15, 0.2) is 0 Å². The summed E-state index contributed by atoms with van der Waals surface area (Å²) in [5, 5.41) is 0. The Labute approximate surface area is 90.5 Å². The standard InChI is InChI=1S/C11H11F3N2/c1-6-3-8-9(4-7(6)2)16-10(15-8)5-11(12,13)14/h3-4H,5H2,1-2H3,(H,15,16). The Bertz CT molecular complexity index is 487. The summed E-state index contributed by atoms with van der Waals surface area (Å²) in [6.07, 6.45) is -5.24. The van der Waals surface area contributed by atoms with Gasteiger partial charge in [-0.05, 0) is 37.1 Å². The van der Waals surface area contributed by atoms with E-state index in [0.717, 1.165) is 11.1 Å². The van der Waals surface area contributed by atoms with Crippen LogP contribution in [0.1, 0.15) is 17.0 Å². The van der Waals surface area contributed by atoms with Gasteiger partial charge in [-0.3, -0.25) is 0 Å². The molecule has 0 aliphatic heterocycles. The molecule has 1 N–H and O–H groups in total. The summed E-state index contributed by atoms with van der Waals surface area (Å²) in [5.74, 6) is -0.0347. The summed E-state index contributed by atoms with van der Waals surface area (Å²) >= 11 is 0. The zero-order valence-corrected chi connectivity index (χ0v) is 8.94. The number of nitrogens with zero attached hydrogens (tertiary/aromatic N) is 1. The van der Waals surface area contributed by atoms with Crippen LogP contribution in [0.25, 0.3) is 11.0 Å². The van der Waals surface area contributed by atoms with Crippen molar-refractivity contribution in [2.24, 2.45) is 0 Å². The average Bonchev–Trinajstić information content (AvgIpc) is 2.44. The van der Waals surface area contributed by atoms with E-state index < -0.39 is 12.6 Å².